The second-order valence-corrected chi connectivity index (χ2v) is 7.65. The van der Waals surface area contributed by atoms with Gasteiger partial charge in [-0.25, -0.2) is 4.79 Å². The second-order valence-electron chi connectivity index (χ2n) is 6.87. The van der Waals surface area contributed by atoms with Gasteiger partial charge >= 0.3 is 6.03 Å². The van der Waals surface area contributed by atoms with Crippen molar-refractivity contribution in [3.05, 3.63) is 57.8 Å². The number of nitrogens with one attached hydrogen (secondary N) is 3. The highest BCUT2D eigenvalue weighted by Gasteiger charge is 2.13. The van der Waals surface area contributed by atoms with Gasteiger partial charge in [0, 0.05) is 22.0 Å². The molecule has 188 valence electrons. The standard InChI is InChI=1S/C21H31N3OS.3C2H6.2H2/c1-4-17(12-19-7-5-6-8-20(19)14-22-3)13-23-21(25)24-16(2)11-18-9-10-26-15-18;3*1-2;;/h5-10,15-17,22H,4,11-14H2,1-3H3,(H2,23,24,25);3*1-2H3;2*1H/t16-,17+;;;;;/m1...../s1. The molecule has 3 N–H and O–H groups in total. The molecule has 32 heavy (non-hydrogen) atoms. The van der Waals surface area contributed by atoms with Crippen molar-refractivity contribution in [1.82, 2.24) is 16.0 Å². The van der Waals surface area contributed by atoms with Crippen molar-refractivity contribution in [2.24, 2.45) is 5.92 Å². The Labute approximate surface area is 205 Å². The van der Waals surface area contributed by atoms with E-state index in [9.17, 15) is 4.79 Å². The number of amides is 2. The number of thiophene rings is 1. The van der Waals surface area contributed by atoms with Gasteiger partial charge in [-0.2, -0.15) is 11.3 Å². The third-order valence-electron chi connectivity index (χ3n) is 4.62. The van der Waals surface area contributed by atoms with E-state index in [4.69, 9.17) is 0 Å². The van der Waals surface area contributed by atoms with E-state index >= 15 is 0 Å². The molecule has 1 aromatic carbocycles. The molecule has 2 amide bonds. The van der Waals surface area contributed by atoms with E-state index in [1.807, 2.05) is 55.5 Å². The zero-order chi connectivity index (χ0) is 24.8. The maximum Gasteiger partial charge on any atom is 0.315 e. The van der Waals surface area contributed by atoms with E-state index < -0.39 is 0 Å². The molecule has 1 aromatic heterocycles. The number of hydrogen-bond acceptors (Lipinski definition) is 3. The van der Waals surface area contributed by atoms with Crippen molar-refractivity contribution >= 4 is 17.4 Å². The Balaban J connectivity index is -0.000000520. The summed E-state index contributed by atoms with van der Waals surface area (Å²) < 4.78 is 0. The molecule has 0 radical (unpaired) electrons. The summed E-state index contributed by atoms with van der Waals surface area (Å²) in [5.41, 5.74) is 3.97. The SMILES string of the molecule is CC.CC.CC.CC[C@H](CNC(=O)N[C@H](C)Cc1ccsc1)Cc1ccccc1CNC.[HH].[HH]. The Morgan fingerprint density at radius 2 is 1.62 bits per heavy atom. The molecule has 0 saturated heterocycles. The van der Waals surface area contributed by atoms with Gasteiger partial charge in [-0.1, -0.05) is 79.2 Å². The van der Waals surface area contributed by atoms with E-state index in [1.54, 1.807) is 11.3 Å². The van der Waals surface area contributed by atoms with Crippen LogP contribution in [-0.2, 0) is 19.4 Å². The fourth-order valence-electron chi connectivity index (χ4n) is 3.12. The Hall–Kier alpha value is -1.85. The first kappa shape index (κ1) is 32.3. The van der Waals surface area contributed by atoms with E-state index in [1.165, 1.54) is 16.7 Å². The van der Waals surface area contributed by atoms with Crippen LogP contribution >= 0.6 is 11.3 Å². The predicted molar refractivity (Wildman–Crippen MR) is 149 cm³/mol. The lowest BCUT2D eigenvalue weighted by Crippen LogP contribution is -2.43. The Bertz CT molecular complexity index is 670. The first-order valence-electron chi connectivity index (χ1n) is 12.4. The summed E-state index contributed by atoms with van der Waals surface area (Å²) in [5, 5.41) is 13.5. The van der Waals surface area contributed by atoms with Gasteiger partial charge in [0.1, 0.15) is 0 Å². The van der Waals surface area contributed by atoms with Crippen LogP contribution in [0.4, 0.5) is 4.79 Å². The minimum Gasteiger partial charge on any atom is -0.338 e. The molecule has 0 aliphatic rings. The molecular formula is C27H53N3OS. The van der Waals surface area contributed by atoms with Gasteiger partial charge in [0.25, 0.3) is 0 Å². The second kappa shape index (κ2) is 22.3. The monoisotopic (exact) mass is 467 g/mol. The average molecular weight is 468 g/mol. The van der Waals surface area contributed by atoms with Crippen molar-refractivity contribution in [2.75, 3.05) is 13.6 Å². The van der Waals surface area contributed by atoms with Gasteiger partial charge in [0.15, 0.2) is 0 Å². The molecule has 0 unspecified atom stereocenters. The number of carbonyl (C=O) groups excluding carboxylic acids is 1. The normalized spacial score (nSPS) is 11.3. The molecule has 2 atom stereocenters. The van der Waals surface area contributed by atoms with Crippen LogP contribution < -0.4 is 16.0 Å². The predicted octanol–water partition coefficient (Wildman–Crippen LogP) is 7.54. The van der Waals surface area contributed by atoms with Crippen LogP contribution in [0.3, 0.4) is 0 Å². The molecule has 4 nitrogen and oxygen atoms in total. The summed E-state index contributed by atoms with van der Waals surface area (Å²) in [6.45, 7) is 17.8. The first-order valence-corrected chi connectivity index (χ1v) is 13.3. The number of urea groups is 1. The molecule has 0 aliphatic carbocycles. The van der Waals surface area contributed by atoms with Crippen LogP contribution in [0.5, 0.6) is 0 Å². The molecule has 0 spiro atoms. The van der Waals surface area contributed by atoms with Crippen LogP contribution in [0.25, 0.3) is 0 Å². The molecule has 0 fully saturated rings. The number of hydrogen-bond donors (Lipinski definition) is 3. The third kappa shape index (κ3) is 14.3. The smallest absolute Gasteiger partial charge is 0.315 e. The van der Waals surface area contributed by atoms with Gasteiger partial charge in [-0.15, -0.1) is 0 Å². The summed E-state index contributed by atoms with van der Waals surface area (Å²) in [4.78, 5) is 12.2. The lowest BCUT2D eigenvalue weighted by molar-refractivity contribution is 0.235. The van der Waals surface area contributed by atoms with Crippen molar-refractivity contribution in [3.63, 3.8) is 0 Å². The number of rotatable bonds is 10. The van der Waals surface area contributed by atoms with Crippen LogP contribution in [0.15, 0.2) is 41.1 Å². The Morgan fingerprint density at radius 1 is 1.00 bits per heavy atom. The fraction of sp³-hybridized carbons (Fsp3) is 0.593. The van der Waals surface area contributed by atoms with Crippen LogP contribution in [0, 0.1) is 5.92 Å². The van der Waals surface area contributed by atoms with Crippen molar-refractivity contribution < 1.29 is 7.65 Å². The van der Waals surface area contributed by atoms with Gasteiger partial charge in [-0.3, -0.25) is 0 Å². The van der Waals surface area contributed by atoms with Gasteiger partial charge < -0.3 is 16.0 Å². The van der Waals surface area contributed by atoms with Gasteiger partial charge in [0.2, 0.25) is 0 Å². The molecule has 2 aromatic rings. The van der Waals surface area contributed by atoms with Gasteiger partial charge in [0.05, 0.1) is 0 Å². The van der Waals surface area contributed by atoms with Crippen molar-refractivity contribution in [1.29, 1.82) is 0 Å². The molecule has 1 heterocycles. The van der Waals surface area contributed by atoms with Gasteiger partial charge in [-0.05, 0) is 66.2 Å². The summed E-state index contributed by atoms with van der Waals surface area (Å²) in [5.74, 6) is 0.436. The number of carbonyl (C=O) groups is 1. The summed E-state index contributed by atoms with van der Waals surface area (Å²) in [6.07, 6.45) is 2.89. The average Bonchev–Trinajstić information content (AvgIpc) is 3.34. The molecule has 0 bridgehead atoms. The zero-order valence-electron chi connectivity index (χ0n) is 22.0. The maximum absolute atomic E-state index is 12.2. The number of benzene rings is 1. The maximum atomic E-state index is 12.2. The first-order chi connectivity index (χ1) is 15.6. The molecule has 2 rings (SSSR count). The topological polar surface area (TPSA) is 53.2 Å². The lowest BCUT2D eigenvalue weighted by Gasteiger charge is -2.19. The van der Waals surface area contributed by atoms with E-state index in [-0.39, 0.29) is 14.9 Å². The van der Waals surface area contributed by atoms with Crippen molar-refractivity contribution in [2.45, 2.75) is 87.2 Å². The highest BCUT2D eigenvalue weighted by atomic mass is 32.1. The van der Waals surface area contributed by atoms with Crippen molar-refractivity contribution in [3.8, 4) is 0 Å². The van der Waals surface area contributed by atoms with Crippen LogP contribution in [0.1, 0.15) is 81.4 Å². The third-order valence-corrected chi connectivity index (χ3v) is 5.35. The lowest BCUT2D eigenvalue weighted by atomic mass is 9.93. The Morgan fingerprint density at radius 3 is 2.16 bits per heavy atom. The van der Waals surface area contributed by atoms with E-state index in [0.717, 1.165) is 25.8 Å². The van der Waals surface area contributed by atoms with Crippen LogP contribution in [-0.4, -0.2) is 25.7 Å². The molecule has 0 saturated carbocycles. The largest absolute Gasteiger partial charge is 0.338 e. The van der Waals surface area contributed by atoms with E-state index in [0.29, 0.717) is 12.5 Å². The van der Waals surface area contributed by atoms with Crippen LogP contribution in [0.2, 0.25) is 0 Å². The summed E-state index contributed by atoms with van der Waals surface area (Å²) >= 11 is 1.69. The molecular weight excluding hydrogens is 414 g/mol. The quantitative estimate of drug-likeness (QED) is 0.338. The molecule has 0 aliphatic heterocycles. The highest BCUT2D eigenvalue weighted by Crippen LogP contribution is 2.16. The fourth-order valence-corrected chi connectivity index (χ4v) is 3.80. The molecule has 5 heteroatoms. The summed E-state index contributed by atoms with van der Waals surface area (Å²) in [6, 6.07) is 10.7. The minimum atomic E-state index is -0.0744. The highest BCUT2D eigenvalue weighted by molar-refractivity contribution is 7.07. The van der Waals surface area contributed by atoms with E-state index in [2.05, 4.69) is 64.0 Å². The zero-order valence-corrected chi connectivity index (χ0v) is 22.9. The minimum absolute atomic E-state index is 0. The Kier molecular flexibility index (Phi) is 22.6. The summed E-state index contributed by atoms with van der Waals surface area (Å²) in [7, 11) is 1.97.